The van der Waals surface area contributed by atoms with Crippen molar-refractivity contribution in [3.05, 3.63) is 0 Å². The first-order valence-corrected chi connectivity index (χ1v) is 7.24. The van der Waals surface area contributed by atoms with E-state index in [2.05, 4.69) is 29.4 Å². The minimum absolute atomic E-state index is 0. The standard InChI is InChI=1S/C11H23N3OS.2ClH/c1-3-14(4-2)7-5-6-12-11(15)10-8-16-9-13-10;;/h10,13H,3-9H2,1-2H3,(H,12,15);2*1H. The van der Waals surface area contributed by atoms with Crippen molar-refractivity contribution in [1.82, 2.24) is 15.5 Å². The number of carbonyl (C=O) groups excluding carboxylic acids is 1. The molecule has 110 valence electrons. The number of nitrogens with one attached hydrogen (secondary N) is 2. The molecule has 1 amide bonds. The normalized spacial score (nSPS) is 18.1. The second-order valence-electron chi connectivity index (χ2n) is 3.94. The second kappa shape index (κ2) is 12.4. The third kappa shape index (κ3) is 7.69. The molecule has 0 aromatic heterocycles. The van der Waals surface area contributed by atoms with Gasteiger partial charge in [-0.1, -0.05) is 13.8 Å². The molecule has 0 spiro atoms. The van der Waals surface area contributed by atoms with Crippen LogP contribution < -0.4 is 10.6 Å². The van der Waals surface area contributed by atoms with E-state index in [9.17, 15) is 4.79 Å². The van der Waals surface area contributed by atoms with E-state index in [-0.39, 0.29) is 36.8 Å². The lowest BCUT2D eigenvalue weighted by atomic mass is 10.3. The zero-order valence-corrected chi connectivity index (χ0v) is 13.6. The third-order valence-corrected chi connectivity index (χ3v) is 3.82. The van der Waals surface area contributed by atoms with Gasteiger partial charge in [-0.3, -0.25) is 10.1 Å². The Morgan fingerprint density at radius 3 is 2.56 bits per heavy atom. The fourth-order valence-corrected chi connectivity index (χ4v) is 2.68. The van der Waals surface area contributed by atoms with E-state index in [0.717, 1.165) is 44.2 Å². The Labute approximate surface area is 127 Å². The Balaban J connectivity index is 0. The molecule has 1 atom stereocenters. The molecular weight excluding hydrogens is 293 g/mol. The average Bonchev–Trinajstić information content (AvgIpc) is 2.82. The lowest BCUT2D eigenvalue weighted by Gasteiger charge is -2.18. The lowest BCUT2D eigenvalue weighted by molar-refractivity contribution is -0.122. The van der Waals surface area contributed by atoms with Gasteiger partial charge < -0.3 is 10.2 Å². The second-order valence-corrected chi connectivity index (χ2v) is 4.97. The summed E-state index contributed by atoms with van der Waals surface area (Å²) in [5, 5.41) is 6.16. The minimum atomic E-state index is 0. The van der Waals surface area contributed by atoms with Gasteiger partial charge in [0.1, 0.15) is 0 Å². The summed E-state index contributed by atoms with van der Waals surface area (Å²) >= 11 is 1.78. The van der Waals surface area contributed by atoms with Gasteiger partial charge in [0.25, 0.3) is 0 Å². The smallest absolute Gasteiger partial charge is 0.238 e. The SMILES string of the molecule is CCN(CC)CCCNC(=O)C1CSCN1.Cl.Cl. The Morgan fingerprint density at radius 1 is 1.39 bits per heavy atom. The molecule has 1 aliphatic heterocycles. The lowest BCUT2D eigenvalue weighted by Crippen LogP contribution is -2.42. The Hall–Kier alpha value is 0.320. The fourth-order valence-electron chi connectivity index (χ4n) is 1.74. The monoisotopic (exact) mass is 317 g/mol. The Bertz CT molecular complexity index is 212. The number of amides is 1. The quantitative estimate of drug-likeness (QED) is 0.696. The number of thioether (sulfide) groups is 1. The molecule has 2 N–H and O–H groups in total. The highest BCUT2D eigenvalue weighted by atomic mass is 35.5. The van der Waals surface area contributed by atoms with Gasteiger partial charge >= 0.3 is 0 Å². The van der Waals surface area contributed by atoms with Gasteiger partial charge in [-0.2, -0.15) is 0 Å². The minimum Gasteiger partial charge on any atom is -0.355 e. The molecule has 1 rings (SSSR count). The van der Waals surface area contributed by atoms with Gasteiger partial charge in [0.15, 0.2) is 0 Å². The number of halogens is 2. The van der Waals surface area contributed by atoms with Crippen LogP contribution in [-0.2, 0) is 4.79 Å². The molecule has 18 heavy (non-hydrogen) atoms. The van der Waals surface area contributed by atoms with Crippen LogP contribution in [0.4, 0.5) is 0 Å². The van der Waals surface area contributed by atoms with Crippen molar-refractivity contribution in [3.8, 4) is 0 Å². The largest absolute Gasteiger partial charge is 0.355 e. The van der Waals surface area contributed by atoms with Crippen molar-refractivity contribution in [2.24, 2.45) is 0 Å². The van der Waals surface area contributed by atoms with E-state index in [0.29, 0.717) is 0 Å². The van der Waals surface area contributed by atoms with E-state index >= 15 is 0 Å². The van der Waals surface area contributed by atoms with E-state index in [4.69, 9.17) is 0 Å². The van der Waals surface area contributed by atoms with Gasteiger partial charge in [0.2, 0.25) is 5.91 Å². The molecular formula is C11H25Cl2N3OS. The first-order chi connectivity index (χ1) is 7.77. The highest BCUT2D eigenvalue weighted by Crippen LogP contribution is 2.09. The molecule has 0 radical (unpaired) electrons. The molecule has 0 bridgehead atoms. The van der Waals surface area contributed by atoms with Crippen molar-refractivity contribution in [3.63, 3.8) is 0 Å². The van der Waals surface area contributed by atoms with Gasteiger partial charge in [0, 0.05) is 18.2 Å². The topological polar surface area (TPSA) is 44.4 Å². The van der Waals surface area contributed by atoms with Crippen LogP contribution in [0.25, 0.3) is 0 Å². The zero-order chi connectivity index (χ0) is 11.8. The molecule has 1 aliphatic rings. The van der Waals surface area contributed by atoms with Gasteiger partial charge in [0.05, 0.1) is 6.04 Å². The average molecular weight is 318 g/mol. The Kier molecular flexibility index (Phi) is 14.2. The van der Waals surface area contributed by atoms with Crippen LogP contribution in [0.3, 0.4) is 0 Å². The molecule has 7 heteroatoms. The first-order valence-electron chi connectivity index (χ1n) is 6.09. The zero-order valence-electron chi connectivity index (χ0n) is 11.1. The third-order valence-electron chi connectivity index (χ3n) is 2.88. The highest BCUT2D eigenvalue weighted by Gasteiger charge is 2.21. The Morgan fingerprint density at radius 2 is 2.06 bits per heavy atom. The van der Waals surface area contributed by atoms with E-state index in [1.54, 1.807) is 11.8 Å². The van der Waals surface area contributed by atoms with Crippen LogP contribution in [0.5, 0.6) is 0 Å². The maximum absolute atomic E-state index is 11.6. The number of carbonyl (C=O) groups is 1. The molecule has 0 aliphatic carbocycles. The summed E-state index contributed by atoms with van der Waals surface area (Å²) in [6.45, 7) is 8.37. The summed E-state index contributed by atoms with van der Waals surface area (Å²) in [6.07, 6.45) is 1.04. The summed E-state index contributed by atoms with van der Waals surface area (Å²) < 4.78 is 0. The summed E-state index contributed by atoms with van der Waals surface area (Å²) in [6, 6.07) is 0.0263. The molecule has 4 nitrogen and oxygen atoms in total. The summed E-state index contributed by atoms with van der Waals surface area (Å²) in [5.41, 5.74) is 0. The van der Waals surface area contributed by atoms with Crippen LogP contribution in [0.1, 0.15) is 20.3 Å². The van der Waals surface area contributed by atoms with Crippen LogP contribution in [0.15, 0.2) is 0 Å². The van der Waals surface area contributed by atoms with Crippen LogP contribution in [0.2, 0.25) is 0 Å². The molecule has 0 aromatic rings. The van der Waals surface area contributed by atoms with Gasteiger partial charge in [-0.25, -0.2) is 0 Å². The summed E-state index contributed by atoms with van der Waals surface area (Å²) in [7, 11) is 0. The molecule has 1 fully saturated rings. The van der Waals surface area contributed by atoms with E-state index in [1.807, 2.05) is 0 Å². The predicted molar refractivity (Wildman–Crippen MR) is 84.2 cm³/mol. The number of nitrogens with zero attached hydrogens (tertiary/aromatic N) is 1. The van der Waals surface area contributed by atoms with Crippen molar-refractivity contribution < 1.29 is 4.79 Å². The van der Waals surface area contributed by atoms with E-state index < -0.39 is 0 Å². The first kappa shape index (κ1) is 20.6. The molecule has 0 aromatic carbocycles. The number of hydrogen-bond acceptors (Lipinski definition) is 4. The predicted octanol–water partition coefficient (Wildman–Crippen LogP) is 1.34. The fraction of sp³-hybridized carbons (Fsp3) is 0.909. The van der Waals surface area contributed by atoms with Crippen LogP contribution in [0, 0.1) is 0 Å². The maximum atomic E-state index is 11.6. The molecule has 1 saturated heterocycles. The number of rotatable bonds is 7. The molecule has 1 unspecified atom stereocenters. The van der Waals surface area contributed by atoms with Crippen molar-refractivity contribution in [1.29, 1.82) is 0 Å². The van der Waals surface area contributed by atoms with Crippen molar-refractivity contribution >= 4 is 42.5 Å². The van der Waals surface area contributed by atoms with Crippen molar-refractivity contribution in [2.75, 3.05) is 37.8 Å². The maximum Gasteiger partial charge on any atom is 0.238 e. The highest BCUT2D eigenvalue weighted by molar-refractivity contribution is 7.99. The number of hydrogen-bond donors (Lipinski definition) is 2. The van der Waals surface area contributed by atoms with Gasteiger partial charge in [-0.15, -0.1) is 36.6 Å². The van der Waals surface area contributed by atoms with Crippen molar-refractivity contribution in [2.45, 2.75) is 26.3 Å². The van der Waals surface area contributed by atoms with Crippen LogP contribution >= 0.6 is 36.6 Å². The molecule has 0 saturated carbocycles. The molecule has 1 heterocycles. The summed E-state index contributed by atoms with van der Waals surface area (Å²) in [5.74, 6) is 1.96. The van der Waals surface area contributed by atoms with Gasteiger partial charge in [-0.05, 0) is 26.1 Å². The van der Waals surface area contributed by atoms with E-state index in [1.165, 1.54) is 0 Å². The summed E-state index contributed by atoms with van der Waals surface area (Å²) in [4.78, 5) is 14.0. The van der Waals surface area contributed by atoms with Crippen LogP contribution in [-0.4, -0.2) is 54.7 Å².